The minimum Gasteiger partial charge on any atom is -0.464 e. The van der Waals surface area contributed by atoms with E-state index in [1.165, 1.54) is 18.1 Å². The maximum atomic E-state index is 11.8. The number of furan rings is 1. The van der Waals surface area contributed by atoms with Crippen molar-refractivity contribution in [2.24, 2.45) is 11.3 Å². The van der Waals surface area contributed by atoms with E-state index in [1.54, 1.807) is 0 Å². The molecule has 3 aliphatic rings. The topological polar surface area (TPSA) is 52.0 Å². The van der Waals surface area contributed by atoms with Gasteiger partial charge < -0.3 is 13.9 Å². The molecule has 1 aromatic rings. The van der Waals surface area contributed by atoms with E-state index in [0.29, 0.717) is 0 Å². The Morgan fingerprint density at radius 1 is 1.31 bits per heavy atom. The molecule has 1 aromatic heterocycles. The van der Waals surface area contributed by atoms with Gasteiger partial charge in [-0.15, -0.1) is 0 Å². The fourth-order valence-electron chi connectivity index (χ4n) is 5.13. The van der Waals surface area contributed by atoms with E-state index in [2.05, 4.69) is 45.9 Å². The van der Waals surface area contributed by atoms with Crippen molar-refractivity contribution in [2.45, 2.75) is 71.7 Å². The number of esters is 1. The first kappa shape index (κ1) is 17.6. The predicted octanol–water partition coefficient (Wildman–Crippen LogP) is 4.61. The Hall–Kier alpha value is -1.81. The first-order valence-corrected chi connectivity index (χ1v) is 9.51. The number of aryl methyl sites for hydroxylation is 1. The SMILES string of the molecule is CC(=O)OC1CC2OC2(C)C2Cc3c(C)coc3C=C(C)C=CCC12C. The molecule has 5 unspecified atom stereocenters. The first-order chi connectivity index (χ1) is 12.2. The zero-order chi connectivity index (χ0) is 18.7. The lowest BCUT2D eigenvalue weighted by Crippen LogP contribution is -2.53. The Labute approximate surface area is 155 Å². The van der Waals surface area contributed by atoms with Crippen LogP contribution in [0.25, 0.3) is 6.08 Å². The first-order valence-electron chi connectivity index (χ1n) is 9.51. The summed E-state index contributed by atoms with van der Waals surface area (Å²) in [5, 5.41) is 0. The molecule has 0 radical (unpaired) electrons. The normalized spacial score (nSPS) is 38.5. The van der Waals surface area contributed by atoms with E-state index in [-0.39, 0.29) is 35.1 Å². The van der Waals surface area contributed by atoms with Gasteiger partial charge in [0, 0.05) is 30.2 Å². The highest BCUT2D eigenvalue weighted by Gasteiger charge is 2.68. The second-order valence-electron chi connectivity index (χ2n) is 8.64. The lowest BCUT2D eigenvalue weighted by atomic mass is 9.58. The van der Waals surface area contributed by atoms with Gasteiger partial charge in [-0.05, 0) is 50.8 Å². The third kappa shape index (κ3) is 2.66. The van der Waals surface area contributed by atoms with Crippen LogP contribution in [0.4, 0.5) is 0 Å². The minimum absolute atomic E-state index is 0.130. The Bertz CT molecular complexity index is 801. The Kier molecular flexibility index (Phi) is 3.96. The van der Waals surface area contributed by atoms with E-state index in [4.69, 9.17) is 13.9 Å². The maximum absolute atomic E-state index is 11.8. The number of ether oxygens (including phenoxy) is 2. The Balaban J connectivity index is 1.82. The van der Waals surface area contributed by atoms with Crippen LogP contribution in [-0.4, -0.2) is 23.8 Å². The van der Waals surface area contributed by atoms with Gasteiger partial charge in [0.25, 0.3) is 0 Å². The quantitative estimate of drug-likeness (QED) is 0.545. The molecule has 1 aliphatic heterocycles. The van der Waals surface area contributed by atoms with Crippen LogP contribution in [0, 0.1) is 18.3 Å². The summed E-state index contributed by atoms with van der Waals surface area (Å²) in [5.74, 6) is 0.977. The van der Waals surface area contributed by atoms with Gasteiger partial charge in [-0.25, -0.2) is 0 Å². The summed E-state index contributed by atoms with van der Waals surface area (Å²) in [6.45, 7) is 10.2. The molecule has 5 atom stereocenters. The van der Waals surface area contributed by atoms with Gasteiger partial charge in [-0.3, -0.25) is 4.79 Å². The average molecular weight is 356 g/mol. The van der Waals surface area contributed by atoms with Gasteiger partial charge in [0.1, 0.15) is 11.9 Å². The second kappa shape index (κ2) is 5.85. The van der Waals surface area contributed by atoms with E-state index < -0.39 is 0 Å². The predicted molar refractivity (Wildman–Crippen MR) is 99.6 cm³/mol. The highest BCUT2D eigenvalue weighted by Crippen LogP contribution is 2.61. The molecular weight excluding hydrogens is 328 g/mol. The molecular formula is C22H28O4. The van der Waals surface area contributed by atoms with E-state index >= 15 is 0 Å². The summed E-state index contributed by atoms with van der Waals surface area (Å²) >= 11 is 0. The molecule has 26 heavy (non-hydrogen) atoms. The van der Waals surface area contributed by atoms with Gasteiger partial charge in [0.05, 0.1) is 18.0 Å². The van der Waals surface area contributed by atoms with Crippen molar-refractivity contribution in [1.29, 1.82) is 0 Å². The van der Waals surface area contributed by atoms with Gasteiger partial charge in [0.2, 0.25) is 0 Å². The van der Waals surface area contributed by atoms with Crippen LogP contribution < -0.4 is 0 Å². The number of fused-ring (bicyclic) bond motifs is 4. The van der Waals surface area contributed by atoms with Crippen molar-refractivity contribution in [1.82, 2.24) is 0 Å². The molecule has 140 valence electrons. The summed E-state index contributed by atoms with van der Waals surface area (Å²) in [5.41, 5.74) is 3.25. The summed E-state index contributed by atoms with van der Waals surface area (Å²) in [6.07, 6.45) is 10.9. The van der Waals surface area contributed by atoms with Crippen molar-refractivity contribution in [3.63, 3.8) is 0 Å². The standard InChI is InChI=1S/C22H28O4/c1-13-7-6-8-21(4)18(10-16-14(2)12-24-17(16)9-13)22(5)20(26-22)11-19(21)25-15(3)23/h6-7,9,12,18-20H,8,10-11H2,1-5H3. The number of carbonyl (C=O) groups is 1. The second-order valence-corrected chi connectivity index (χ2v) is 8.64. The molecule has 2 fully saturated rings. The van der Waals surface area contributed by atoms with Gasteiger partial charge in [-0.2, -0.15) is 0 Å². The largest absolute Gasteiger partial charge is 0.464 e. The van der Waals surface area contributed by atoms with Crippen molar-refractivity contribution in [3.8, 4) is 0 Å². The summed E-state index contributed by atoms with van der Waals surface area (Å²) in [7, 11) is 0. The van der Waals surface area contributed by atoms with Crippen LogP contribution in [0.3, 0.4) is 0 Å². The molecule has 2 heterocycles. The number of hydrogen-bond donors (Lipinski definition) is 0. The van der Waals surface area contributed by atoms with E-state index in [9.17, 15) is 4.79 Å². The molecule has 4 heteroatoms. The van der Waals surface area contributed by atoms with Gasteiger partial charge >= 0.3 is 5.97 Å². The molecule has 0 N–H and O–H groups in total. The summed E-state index contributed by atoms with van der Waals surface area (Å²) < 4.78 is 17.8. The molecule has 4 rings (SSSR count). The Morgan fingerprint density at radius 3 is 2.81 bits per heavy atom. The number of allylic oxidation sites excluding steroid dienone is 3. The van der Waals surface area contributed by atoms with Crippen molar-refractivity contribution < 1.29 is 18.7 Å². The van der Waals surface area contributed by atoms with Crippen molar-refractivity contribution in [3.05, 3.63) is 40.9 Å². The van der Waals surface area contributed by atoms with Crippen LogP contribution in [0.5, 0.6) is 0 Å². The highest BCUT2D eigenvalue weighted by molar-refractivity contribution is 5.66. The third-order valence-corrected chi connectivity index (χ3v) is 6.78. The molecule has 0 aromatic carbocycles. The molecule has 0 amide bonds. The monoisotopic (exact) mass is 356 g/mol. The maximum Gasteiger partial charge on any atom is 0.302 e. The van der Waals surface area contributed by atoms with E-state index in [1.807, 2.05) is 6.26 Å². The van der Waals surface area contributed by atoms with Crippen LogP contribution in [0.2, 0.25) is 0 Å². The molecule has 1 saturated carbocycles. The fourth-order valence-corrected chi connectivity index (χ4v) is 5.13. The fraction of sp³-hybridized carbons (Fsp3) is 0.591. The molecule has 0 bridgehead atoms. The molecule has 2 aliphatic carbocycles. The van der Waals surface area contributed by atoms with Crippen molar-refractivity contribution in [2.75, 3.05) is 0 Å². The van der Waals surface area contributed by atoms with Crippen LogP contribution in [-0.2, 0) is 20.7 Å². The molecule has 4 nitrogen and oxygen atoms in total. The van der Waals surface area contributed by atoms with Crippen LogP contribution >= 0.6 is 0 Å². The Morgan fingerprint density at radius 2 is 2.08 bits per heavy atom. The lowest BCUT2D eigenvalue weighted by Gasteiger charge is -2.47. The minimum atomic E-state index is -0.212. The zero-order valence-electron chi connectivity index (χ0n) is 16.3. The number of hydrogen-bond acceptors (Lipinski definition) is 4. The number of carbonyl (C=O) groups excluding carboxylic acids is 1. The van der Waals surface area contributed by atoms with Gasteiger partial charge in [0.15, 0.2) is 0 Å². The highest BCUT2D eigenvalue weighted by atomic mass is 16.6. The third-order valence-electron chi connectivity index (χ3n) is 6.78. The van der Waals surface area contributed by atoms with E-state index in [0.717, 1.165) is 30.6 Å². The van der Waals surface area contributed by atoms with Crippen LogP contribution in [0.15, 0.2) is 28.4 Å². The van der Waals surface area contributed by atoms with Gasteiger partial charge in [-0.1, -0.05) is 19.1 Å². The van der Waals surface area contributed by atoms with Crippen LogP contribution in [0.1, 0.15) is 57.4 Å². The summed E-state index contributed by atoms with van der Waals surface area (Å²) in [6, 6.07) is 0. The number of rotatable bonds is 1. The average Bonchev–Trinajstić information content (AvgIpc) is 3.09. The molecule has 0 spiro atoms. The van der Waals surface area contributed by atoms with Crippen molar-refractivity contribution >= 4 is 12.0 Å². The molecule has 1 saturated heterocycles. The summed E-state index contributed by atoms with van der Waals surface area (Å²) in [4.78, 5) is 11.8. The number of epoxide rings is 1. The zero-order valence-corrected chi connectivity index (χ0v) is 16.3. The smallest absolute Gasteiger partial charge is 0.302 e. The lowest BCUT2D eigenvalue weighted by molar-refractivity contribution is -0.160.